The van der Waals surface area contributed by atoms with Crippen molar-refractivity contribution in [3.05, 3.63) is 35.8 Å². The van der Waals surface area contributed by atoms with Gasteiger partial charge in [-0.15, -0.1) is 29.9 Å². The normalized spacial score (nSPS) is 11.9. The van der Waals surface area contributed by atoms with Crippen LogP contribution in [0.4, 0.5) is 13.2 Å². The van der Waals surface area contributed by atoms with E-state index in [0.717, 1.165) is 16.8 Å². The van der Waals surface area contributed by atoms with Crippen molar-refractivity contribution in [2.45, 2.75) is 19.1 Å². The van der Waals surface area contributed by atoms with E-state index >= 15 is 0 Å². The molecule has 2 rings (SSSR count). The Kier molecular flexibility index (Phi) is 8.81. The van der Waals surface area contributed by atoms with Crippen molar-refractivity contribution in [1.82, 2.24) is 30.6 Å². The van der Waals surface area contributed by atoms with Gasteiger partial charge in [-0.3, -0.25) is 4.79 Å². The molecular formula is C13H17Cl2F3N6O. The first kappa shape index (κ1) is 23.1. The molecule has 0 saturated carbocycles. The van der Waals surface area contributed by atoms with Crippen molar-refractivity contribution in [2.24, 2.45) is 0 Å². The topological polar surface area (TPSA) is 84.7 Å². The van der Waals surface area contributed by atoms with Gasteiger partial charge in [-0.2, -0.15) is 13.2 Å². The molecule has 0 fully saturated rings. The third kappa shape index (κ3) is 6.15. The number of carbonyl (C=O) groups excluding carboxylic acids is 1. The van der Waals surface area contributed by atoms with Crippen LogP contribution >= 0.6 is 24.8 Å². The van der Waals surface area contributed by atoms with Gasteiger partial charge in [0, 0.05) is 18.8 Å². The minimum atomic E-state index is -4.46. The molecule has 0 aliphatic carbocycles. The Bertz CT molecular complexity index is 677. The van der Waals surface area contributed by atoms with Crippen LogP contribution in [-0.2, 0) is 6.18 Å². The van der Waals surface area contributed by atoms with Gasteiger partial charge in [0.25, 0.3) is 5.91 Å². The highest BCUT2D eigenvalue weighted by Crippen LogP contribution is 2.28. The Morgan fingerprint density at radius 1 is 1.32 bits per heavy atom. The summed E-state index contributed by atoms with van der Waals surface area (Å²) in [5.74, 6) is -0.293. The Balaban J connectivity index is 0.00000288. The molecule has 12 heteroatoms. The number of alkyl halides is 3. The Morgan fingerprint density at radius 2 is 2.00 bits per heavy atom. The van der Waals surface area contributed by atoms with Crippen LogP contribution in [0.15, 0.2) is 24.5 Å². The number of pyridine rings is 1. The molecule has 25 heavy (non-hydrogen) atoms. The zero-order valence-electron chi connectivity index (χ0n) is 13.2. The average Bonchev–Trinajstić information content (AvgIpc) is 3.01. The summed E-state index contributed by atoms with van der Waals surface area (Å²) in [5, 5.41) is 13.0. The highest BCUT2D eigenvalue weighted by atomic mass is 35.5. The van der Waals surface area contributed by atoms with Crippen molar-refractivity contribution in [3.8, 4) is 5.82 Å². The first-order valence-electron chi connectivity index (χ1n) is 6.72. The number of likely N-dealkylation sites (N-methyl/N-ethyl adjacent to an activating group) is 1. The Hall–Kier alpha value is -1.91. The van der Waals surface area contributed by atoms with Crippen LogP contribution in [0.5, 0.6) is 0 Å². The van der Waals surface area contributed by atoms with E-state index in [1.165, 1.54) is 6.20 Å². The number of halogens is 5. The number of amides is 1. The van der Waals surface area contributed by atoms with Gasteiger partial charge in [0.2, 0.25) is 0 Å². The minimum Gasteiger partial charge on any atom is -0.349 e. The quantitative estimate of drug-likeness (QED) is 0.799. The lowest BCUT2D eigenvalue weighted by atomic mass is 10.3. The minimum absolute atomic E-state index is 0. The van der Waals surface area contributed by atoms with Crippen molar-refractivity contribution in [3.63, 3.8) is 0 Å². The molecule has 1 unspecified atom stereocenters. The highest BCUT2D eigenvalue weighted by Gasteiger charge is 2.30. The summed E-state index contributed by atoms with van der Waals surface area (Å²) in [6.07, 6.45) is -2.46. The van der Waals surface area contributed by atoms with Gasteiger partial charge < -0.3 is 10.6 Å². The van der Waals surface area contributed by atoms with Gasteiger partial charge in [0.15, 0.2) is 11.5 Å². The first-order valence-corrected chi connectivity index (χ1v) is 6.72. The molecule has 7 nitrogen and oxygen atoms in total. The van der Waals surface area contributed by atoms with E-state index in [1.807, 2.05) is 6.92 Å². The average molecular weight is 401 g/mol. The van der Waals surface area contributed by atoms with Gasteiger partial charge in [-0.25, -0.2) is 9.67 Å². The van der Waals surface area contributed by atoms with Gasteiger partial charge in [0.05, 0.1) is 11.8 Å². The summed E-state index contributed by atoms with van der Waals surface area (Å²) in [4.78, 5) is 15.5. The standard InChI is InChI=1S/C13H15F3N6O.2ClH/c1-8(17-2)5-19-12(23)10-7-22(21-20-10)11-4-3-9(6-18-11)13(14,15)16;;/h3-4,6-8,17H,5H2,1-2H3,(H,19,23);2*1H. The second-order valence-corrected chi connectivity index (χ2v) is 4.85. The molecule has 0 aliphatic rings. The van der Waals surface area contributed by atoms with E-state index in [4.69, 9.17) is 0 Å². The van der Waals surface area contributed by atoms with Crippen LogP contribution in [0.3, 0.4) is 0 Å². The predicted octanol–water partition coefficient (Wildman–Crippen LogP) is 1.86. The molecule has 0 radical (unpaired) electrons. The van der Waals surface area contributed by atoms with Gasteiger partial charge in [0.1, 0.15) is 0 Å². The number of aromatic nitrogens is 4. The van der Waals surface area contributed by atoms with E-state index in [2.05, 4.69) is 25.9 Å². The zero-order chi connectivity index (χ0) is 17.0. The van der Waals surface area contributed by atoms with E-state index < -0.39 is 17.6 Å². The van der Waals surface area contributed by atoms with E-state index in [9.17, 15) is 18.0 Å². The number of nitrogens with one attached hydrogen (secondary N) is 2. The zero-order valence-corrected chi connectivity index (χ0v) is 14.9. The molecule has 1 amide bonds. The predicted molar refractivity (Wildman–Crippen MR) is 89.5 cm³/mol. The Labute approximate surface area is 154 Å². The molecular weight excluding hydrogens is 384 g/mol. The molecule has 0 aliphatic heterocycles. The fraction of sp³-hybridized carbons (Fsp3) is 0.385. The molecule has 2 heterocycles. The van der Waals surface area contributed by atoms with Crippen molar-refractivity contribution < 1.29 is 18.0 Å². The Morgan fingerprint density at radius 3 is 2.52 bits per heavy atom. The number of hydrogen-bond acceptors (Lipinski definition) is 5. The molecule has 0 bridgehead atoms. The maximum absolute atomic E-state index is 12.5. The van der Waals surface area contributed by atoms with Crippen LogP contribution in [-0.4, -0.2) is 45.5 Å². The number of rotatable bonds is 5. The second kappa shape index (κ2) is 9.54. The van der Waals surface area contributed by atoms with Crippen LogP contribution in [0.1, 0.15) is 23.0 Å². The second-order valence-electron chi connectivity index (χ2n) is 4.85. The molecule has 2 aromatic rings. The smallest absolute Gasteiger partial charge is 0.349 e. The van der Waals surface area contributed by atoms with Crippen molar-refractivity contribution >= 4 is 30.7 Å². The highest BCUT2D eigenvalue weighted by molar-refractivity contribution is 5.91. The summed E-state index contributed by atoms with van der Waals surface area (Å²) in [6.45, 7) is 2.30. The van der Waals surface area contributed by atoms with E-state index in [-0.39, 0.29) is 42.4 Å². The van der Waals surface area contributed by atoms with Gasteiger partial charge in [-0.1, -0.05) is 5.21 Å². The van der Waals surface area contributed by atoms with Gasteiger partial charge in [-0.05, 0) is 26.1 Å². The van der Waals surface area contributed by atoms with Crippen molar-refractivity contribution in [2.75, 3.05) is 13.6 Å². The lowest BCUT2D eigenvalue weighted by Crippen LogP contribution is -2.37. The maximum Gasteiger partial charge on any atom is 0.417 e. The van der Waals surface area contributed by atoms with Crippen LogP contribution in [0.2, 0.25) is 0 Å². The third-order valence-electron chi connectivity index (χ3n) is 3.10. The molecule has 0 aromatic carbocycles. The molecule has 0 saturated heterocycles. The monoisotopic (exact) mass is 400 g/mol. The molecule has 0 spiro atoms. The van der Waals surface area contributed by atoms with Crippen LogP contribution < -0.4 is 10.6 Å². The summed E-state index contributed by atoms with van der Waals surface area (Å²) in [5.41, 5.74) is -0.810. The molecule has 1 atom stereocenters. The largest absolute Gasteiger partial charge is 0.417 e. The molecule has 2 aromatic heterocycles. The third-order valence-corrected chi connectivity index (χ3v) is 3.10. The molecule has 2 N–H and O–H groups in total. The summed E-state index contributed by atoms with van der Waals surface area (Å²) in [7, 11) is 1.77. The van der Waals surface area contributed by atoms with Crippen LogP contribution in [0, 0.1) is 0 Å². The van der Waals surface area contributed by atoms with Crippen molar-refractivity contribution in [1.29, 1.82) is 0 Å². The summed E-state index contributed by atoms with van der Waals surface area (Å²) in [6, 6.07) is 2.13. The lowest BCUT2D eigenvalue weighted by Gasteiger charge is -2.09. The summed E-state index contributed by atoms with van der Waals surface area (Å²) < 4.78 is 38.6. The fourth-order valence-corrected chi connectivity index (χ4v) is 1.61. The molecule has 140 valence electrons. The lowest BCUT2D eigenvalue weighted by molar-refractivity contribution is -0.137. The number of carbonyl (C=O) groups is 1. The maximum atomic E-state index is 12.5. The van der Waals surface area contributed by atoms with Crippen LogP contribution in [0.25, 0.3) is 5.82 Å². The van der Waals surface area contributed by atoms with Gasteiger partial charge >= 0.3 is 6.18 Å². The SMILES string of the molecule is CNC(C)CNC(=O)c1cn(-c2ccc(C(F)(F)F)cn2)nn1.Cl.Cl. The number of hydrogen-bond donors (Lipinski definition) is 2. The number of nitrogens with zero attached hydrogens (tertiary/aromatic N) is 4. The fourth-order valence-electron chi connectivity index (χ4n) is 1.61. The first-order chi connectivity index (χ1) is 10.8. The van der Waals surface area contributed by atoms with E-state index in [1.54, 1.807) is 7.05 Å². The summed E-state index contributed by atoms with van der Waals surface area (Å²) >= 11 is 0. The van der Waals surface area contributed by atoms with E-state index in [0.29, 0.717) is 12.7 Å².